The fourth-order valence-electron chi connectivity index (χ4n) is 9.79. The standard InChI is InChI=1S/C53H71ClN11O12P/c1-2-3-4-5-6-7-8-9-10-11-12-13-14-15-16-17-24-71-28-38(72-27-36-18-19-39(54)37(25-36)26-55)29-73-78(70,74-30-42-46(66)48(68)52(32-56,76-42)44-22-20-40-50(58)60-34-62-64(40)44)75-31-43-47(67)49(69)53(33-57,77-43)45-23-21-41-51(59)61-35-63-65(41)45/h18-23,25,34-35,38,42-43,46-49,66-69H,2-17,24,27-31H2,1H3,(H2,58,60,62)(H2,59,61,63)/t38-,42-,43-,46-,47-,48-,49-,52+,53+/m1/s1. The van der Waals surface area contributed by atoms with Crippen molar-refractivity contribution in [2.75, 3.05) is 44.5 Å². The van der Waals surface area contributed by atoms with Gasteiger partial charge in [-0.2, -0.15) is 26.0 Å². The molecule has 8 N–H and O–H groups in total. The molecule has 2 fully saturated rings. The van der Waals surface area contributed by atoms with Gasteiger partial charge in [-0.3, -0.25) is 13.6 Å². The number of aromatic nitrogens is 6. The predicted molar refractivity (Wildman–Crippen MR) is 284 cm³/mol. The topological polar surface area (TPSA) is 346 Å². The fourth-order valence-corrected chi connectivity index (χ4v) is 11.2. The molecule has 0 bridgehead atoms. The Morgan fingerprint density at radius 1 is 0.692 bits per heavy atom. The molecule has 78 heavy (non-hydrogen) atoms. The lowest BCUT2D eigenvalue weighted by Gasteiger charge is -2.26. The maximum atomic E-state index is 15.0. The monoisotopic (exact) mass is 1120 g/mol. The van der Waals surface area contributed by atoms with E-state index in [4.69, 9.17) is 55.6 Å². The number of nitriles is 3. The molecule has 0 spiro atoms. The quantitative estimate of drug-likeness (QED) is 0.0184. The number of phosphoric ester groups is 1. The molecule has 7 rings (SSSR count). The Morgan fingerprint density at radius 3 is 1.63 bits per heavy atom. The number of nitrogen functional groups attached to an aromatic ring is 2. The zero-order chi connectivity index (χ0) is 55.7. The van der Waals surface area contributed by atoms with Crippen molar-refractivity contribution in [3.63, 3.8) is 0 Å². The number of rotatable bonds is 33. The predicted octanol–water partition coefficient (Wildman–Crippen LogP) is 6.86. The summed E-state index contributed by atoms with van der Waals surface area (Å²) in [4.78, 5) is 7.90. The third-order valence-corrected chi connectivity index (χ3v) is 16.0. The molecule has 9 atom stereocenters. The number of aliphatic hydroxyl groups is 4. The van der Waals surface area contributed by atoms with E-state index in [0.29, 0.717) is 12.2 Å². The number of phosphoric acid groups is 1. The Labute approximate surface area is 458 Å². The van der Waals surface area contributed by atoms with Crippen molar-refractivity contribution in [2.24, 2.45) is 0 Å². The number of fused-ring (bicyclic) bond motifs is 2. The van der Waals surface area contributed by atoms with Crippen LogP contribution >= 0.6 is 19.4 Å². The zero-order valence-corrected chi connectivity index (χ0v) is 45.5. The van der Waals surface area contributed by atoms with Gasteiger partial charge in [-0.1, -0.05) is 121 Å². The van der Waals surface area contributed by atoms with Crippen molar-refractivity contribution >= 4 is 42.1 Å². The summed E-state index contributed by atoms with van der Waals surface area (Å²) in [5, 5.41) is 84.8. The summed E-state index contributed by atoms with van der Waals surface area (Å²) < 4.78 is 59.5. The van der Waals surface area contributed by atoms with Crippen LogP contribution in [0.15, 0.2) is 55.1 Å². The lowest BCUT2D eigenvalue weighted by atomic mass is 9.92. The average molecular weight is 1120 g/mol. The van der Waals surface area contributed by atoms with Crippen LogP contribution in [0.2, 0.25) is 5.02 Å². The summed E-state index contributed by atoms with van der Waals surface area (Å²) in [6, 6.07) is 16.6. The fraction of sp³-hybridized carbons (Fsp3) is 0.604. The highest BCUT2D eigenvalue weighted by Crippen LogP contribution is 2.52. The first-order valence-corrected chi connectivity index (χ1v) is 28.6. The summed E-state index contributed by atoms with van der Waals surface area (Å²) in [7, 11) is -4.97. The van der Waals surface area contributed by atoms with Crippen LogP contribution < -0.4 is 11.5 Å². The first-order valence-electron chi connectivity index (χ1n) is 26.7. The molecule has 1 aromatic carbocycles. The van der Waals surface area contributed by atoms with Crippen molar-refractivity contribution in [1.82, 2.24) is 29.2 Å². The van der Waals surface area contributed by atoms with Crippen molar-refractivity contribution in [3.8, 4) is 18.2 Å². The number of aliphatic hydroxyl groups excluding tert-OH is 4. The molecule has 0 radical (unpaired) electrons. The summed E-state index contributed by atoms with van der Waals surface area (Å²) in [6.07, 6.45) is 10.3. The summed E-state index contributed by atoms with van der Waals surface area (Å²) in [5.74, 6) is 0.133. The smallest absolute Gasteiger partial charge is 0.387 e. The number of nitrogens with zero attached hydrogens (tertiary/aromatic N) is 9. The van der Waals surface area contributed by atoms with E-state index in [-0.39, 0.29) is 57.9 Å². The molecule has 422 valence electrons. The number of halogens is 1. The Hall–Kier alpha value is -5.39. The minimum atomic E-state index is -4.97. The van der Waals surface area contributed by atoms with E-state index >= 15 is 0 Å². The van der Waals surface area contributed by atoms with Crippen LogP contribution in [-0.2, 0) is 54.9 Å². The van der Waals surface area contributed by atoms with E-state index in [1.54, 1.807) is 18.2 Å². The molecule has 2 aliphatic heterocycles. The van der Waals surface area contributed by atoms with Crippen LogP contribution in [0.25, 0.3) is 11.0 Å². The molecule has 2 aliphatic rings. The highest BCUT2D eigenvalue weighted by molar-refractivity contribution is 7.48. The van der Waals surface area contributed by atoms with Crippen LogP contribution in [-0.4, -0.2) is 125 Å². The average Bonchev–Trinajstić information content (AvgIpc) is 4.42. The van der Waals surface area contributed by atoms with Gasteiger partial charge in [0.15, 0.2) is 11.6 Å². The zero-order valence-electron chi connectivity index (χ0n) is 43.9. The molecule has 0 amide bonds. The van der Waals surface area contributed by atoms with Crippen molar-refractivity contribution in [1.29, 1.82) is 15.8 Å². The highest BCUT2D eigenvalue weighted by Gasteiger charge is 2.59. The van der Waals surface area contributed by atoms with E-state index in [1.165, 1.54) is 110 Å². The molecular weight excluding hydrogens is 1050 g/mol. The van der Waals surface area contributed by atoms with Crippen molar-refractivity contribution in [3.05, 3.63) is 82.7 Å². The molecule has 6 heterocycles. The van der Waals surface area contributed by atoms with Crippen LogP contribution in [0.4, 0.5) is 11.6 Å². The molecule has 0 aliphatic carbocycles. The van der Waals surface area contributed by atoms with E-state index in [1.807, 2.05) is 18.2 Å². The molecule has 4 aromatic heterocycles. The molecule has 2 saturated heterocycles. The van der Waals surface area contributed by atoms with Gasteiger partial charge in [0.2, 0.25) is 11.2 Å². The first kappa shape index (κ1) is 60.3. The van der Waals surface area contributed by atoms with Gasteiger partial charge < -0.3 is 50.8 Å². The van der Waals surface area contributed by atoms with E-state index in [9.17, 15) is 40.8 Å². The molecule has 0 unspecified atom stereocenters. The first-order chi connectivity index (χ1) is 37.7. The number of benzene rings is 1. The molecule has 5 aromatic rings. The molecule has 23 nitrogen and oxygen atoms in total. The SMILES string of the molecule is CCCCCCCCCCCCCCCCCCOC[C@H](COP(=O)(OC[C@H]1O[C@@](C#N)(c2ccc3c(N)ncnn23)[C@H](O)[C@@H]1O)OC[C@H]1O[C@@](C#N)(c2ccc3c(N)ncnn23)[C@H](O)[C@@H]1O)OCc1ccc(Cl)c(C#N)c1. The molecule has 0 saturated carbocycles. The summed E-state index contributed by atoms with van der Waals surface area (Å²) in [5.41, 5.74) is 8.93. The van der Waals surface area contributed by atoms with Crippen LogP contribution in [0, 0.1) is 34.0 Å². The third kappa shape index (κ3) is 14.3. The normalized spacial score (nSPS) is 23.7. The minimum absolute atomic E-state index is 0.00203. The van der Waals surface area contributed by atoms with E-state index in [2.05, 4.69) is 27.1 Å². The molecular formula is C53H71ClN11O12P. The Bertz CT molecular complexity index is 2780. The van der Waals surface area contributed by atoms with Gasteiger partial charge in [-0.25, -0.2) is 23.6 Å². The number of anilines is 2. The van der Waals surface area contributed by atoms with Gasteiger partial charge in [0.1, 0.15) is 84.6 Å². The van der Waals surface area contributed by atoms with Gasteiger partial charge in [-0.05, 0) is 48.4 Å². The van der Waals surface area contributed by atoms with Gasteiger partial charge in [0.25, 0.3) is 0 Å². The molecule has 25 heteroatoms. The largest absolute Gasteiger partial charge is 0.475 e. The van der Waals surface area contributed by atoms with Gasteiger partial charge >= 0.3 is 7.82 Å². The summed E-state index contributed by atoms with van der Waals surface area (Å²) >= 11 is 6.20. The van der Waals surface area contributed by atoms with Crippen molar-refractivity contribution in [2.45, 2.75) is 170 Å². The highest BCUT2D eigenvalue weighted by atomic mass is 35.5. The Balaban J connectivity index is 1.02. The minimum Gasteiger partial charge on any atom is -0.387 e. The number of hydrogen-bond acceptors (Lipinski definition) is 21. The van der Waals surface area contributed by atoms with Crippen molar-refractivity contribution < 1.29 is 57.5 Å². The maximum Gasteiger partial charge on any atom is 0.475 e. The second-order valence-corrected chi connectivity index (χ2v) is 21.8. The van der Waals surface area contributed by atoms with Gasteiger partial charge in [0, 0.05) is 6.61 Å². The maximum absolute atomic E-state index is 15.0. The third-order valence-electron chi connectivity index (χ3n) is 14.3. The van der Waals surface area contributed by atoms with E-state index < -0.39 is 81.6 Å². The van der Waals surface area contributed by atoms with Crippen LogP contribution in [0.3, 0.4) is 0 Å². The van der Waals surface area contributed by atoms with Crippen LogP contribution in [0.1, 0.15) is 132 Å². The second-order valence-electron chi connectivity index (χ2n) is 19.8. The number of unbranched alkanes of at least 4 members (excludes halogenated alkanes) is 15. The second kappa shape index (κ2) is 28.7. The Kier molecular flexibility index (Phi) is 22.1. The lowest BCUT2D eigenvalue weighted by molar-refractivity contribution is -0.0802. The van der Waals surface area contributed by atoms with E-state index in [0.717, 1.165) is 38.3 Å². The van der Waals surface area contributed by atoms with Gasteiger partial charge in [-0.15, -0.1) is 0 Å². The Morgan fingerprint density at radius 2 is 1.17 bits per heavy atom. The number of ether oxygens (including phenoxy) is 4. The number of hydrogen-bond donors (Lipinski definition) is 6. The lowest BCUT2D eigenvalue weighted by Crippen LogP contribution is -2.41. The van der Waals surface area contributed by atoms with Gasteiger partial charge in [0.05, 0.1) is 55.0 Å². The van der Waals surface area contributed by atoms with Crippen LogP contribution in [0.5, 0.6) is 0 Å². The summed E-state index contributed by atoms with van der Waals surface area (Å²) in [6.45, 7) is 0.356. The number of nitrogens with two attached hydrogens (primary N) is 2.